The van der Waals surface area contributed by atoms with Crippen LogP contribution in [0.3, 0.4) is 0 Å². The first-order valence-corrected chi connectivity index (χ1v) is 7.27. The number of benzene rings is 1. The van der Waals surface area contributed by atoms with Gasteiger partial charge in [-0.25, -0.2) is 8.42 Å². The normalized spacial score (nSPS) is 12.0. The zero-order chi connectivity index (χ0) is 17.1. The Kier molecular flexibility index (Phi) is 5.49. The van der Waals surface area contributed by atoms with Gasteiger partial charge in [-0.1, -0.05) is 12.1 Å². The first-order chi connectivity index (χ1) is 9.97. The lowest BCUT2D eigenvalue weighted by molar-refractivity contribution is -0.651. The highest BCUT2D eigenvalue weighted by atomic mass is 32.3. The van der Waals surface area contributed by atoms with E-state index in [-0.39, 0.29) is 5.39 Å². The van der Waals surface area contributed by atoms with Crippen molar-refractivity contribution in [2.24, 2.45) is 7.05 Å². The van der Waals surface area contributed by atoms with Gasteiger partial charge in [0.05, 0.1) is 18.1 Å². The fourth-order valence-corrected chi connectivity index (χ4v) is 1.80. The predicted molar refractivity (Wildman–Crippen MR) is 71.6 cm³/mol. The molecule has 0 aliphatic carbocycles. The van der Waals surface area contributed by atoms with Crippen molar-refractivity contribution >= 4 is 21.3 Å². The molecular weight excluding hydrogens is 323 g/mol. The van der Waals surface area contributed by atoms with Crippen LogP contribution in [0.2, 0.25) is 0 Å². The van der Waals surface area contributed by atoms with Gasteiger partial charge >= 0.3 is 6.18 Å². The number of alkyl halides is 3. The Morgan fingerprint density at radius 1 is 1.23 bits per heavy atom. The molecule has 1 aromatic carbocycles. The molecule has 0 amide bonds. The van der Waals surface area contributed by atoms with Gasteiger partial charge in [0.25, 0.3) is 0 Å². The Labute approximate surface area is 125 Å². The van der Waals surface area contributed by atoms with E-state index in [1.165, 1.54) is 12.1 Å². The van der Waals surface area contributed by atoms with Crippen molar-refractivity contribution in [3.8, 4) is 0 Å². The summed E-state index contributed by atoms with van der Waals surface area (Å²) >= 11 is 0. The first kappa shape index (κ1) is 18.3. The molecule has 122 valence electrons. The maximum absolute atomic E-state index is 12.8. The quantitative estimate of drug-likeness (QED) is 0.454. The fourth-order valence-electron chi connectivity index (χ4n) is 1.80. The molecule has 1 heterocycles. The molecule has 0 atom stereocenters. The third kappa shape index (κ3) is 4.65. The van der Waals surface area contributed by atoms with Crippen LogP contribution in [0.15, 0.2) is 30.3 Å². The average Bonchev–Trinajstić information content (AvgIpc) is 2.41. The highest BCUT2D eigenvalue weighted by molar-refractivity contribution is 7.80. The number of rotatable bonds is 1. The molecule has 2 rings (SSSR count). The van der Waals surface area contributed by atoms with Crippen LogP contribution < -0.4 is 4.57 Å². The SMILES string of the molecule is COS(=O)(=O)[O-].Cc1cc(C(F)(F)F)c2ccccc2[n+]1C. The van der Waals surface area contributed by atoms with E-state index in [4.69, 9.17) is 0 Å². The number of hydrogen-bond acceptors (Lipinski definition) is 4. The van der Waals surface area contributed by atoms with Gasteiger partial charge in [-0.3, -0.25) is 4.18 Å². The molecule has 0 aliphatic rings. The first-order valence-electron chi connectivity index (χ1n) is 5.94. The lowest BCUT2D eigenvalue weighted by atomic mass is 10.1. The number of nitrogens with zero attached hydrogens (tertiary/aromatic N) is 1. The maximum Gasteiger partial charge on any atom is 0.417 e. The number of halogens is 3. The van der Waals surface area contributed by atoms with Crippen LogP contribution in [-0.2, 0) is 27.8 Å². The van der Waals surface area contributed by atoms with Crippen LogP contribution >= 0.6 is 0 Å². The van der Waals surface area contributed by atoms with E-state index in [0.717, 1.165) is 7.11 Å². The Hall–Kier alpha value is -1.71. The topological polar surface area (TPSA) is 70.3 Å². The molecule has 0 saturated carbocycles. The highest BCUT2D eigenvalue weighted by Gasteiger charge is 2.35. The zero-order valence-corrected chi connectivity index (χ0v) is 12.8. The lowest BCUT2D eigenvalue weighted by Gasteiger charge is -2.10. The van der Waals surface area contributed by atoms with E-state index in [1.807, 2.05) is 0 Å². The summed E-state index contributed by atoms with van der Waals surface area (Å²) in [6, 6.07) is 7.73. The summed E-state index contributed by atoms with van der Waals surface area (Å²) in [4.78, 5) is 0. The van der Waals surface area contributed by atoms with E-state index in [0.29, 0.717) is 11.2 Å². The summed E-state index contributed by atoms with van der Waals surface area (Å²) in [6.07, 6.45) is -4.31. The van der Waals surface area contributed by atoms with E-state index in [9.17, 15) is 26.1 Å². The predicted octanol–water partition coefficient (Wildman–Crippen LogP) is 2.08. The van der Waals surface area contributed by atoms with Gasteiger partial charge in [0.1, 0.15) is 7.05 Å². The number of fused-ring (bicyclic) bond motifs is 1. The molecule has 22 heavy (non-hydrogen) atoms. The second kappa shape index (κ2) is 6.59. The number of pyridine rings is 1. The molecular formula is C13H14F3NO4S. The molecule has 9 heteroatoms. The molecule has 0 spiro atoms. The molecule has 0 N–H and O–H groups in total. The second-order valence-electron chi connectivity index (χ2n) is 4.35. The Bertz CT molecular complexity index is 773. The number of aryl methyl sites for hydroxylation is 2. The summed E-state index contributed by atoms with van der Waals surface area (Å²) in [5.41, 5.74) is 0.611. The lowest BCUT2D eigenvalue weighted by Crippen LogP contribution is -2.33. The van der Waals surface area contributed by atoms with Gasteiger partial charge in [0, 0.05) is 19.1 Å². The number of hydrogen-bond donors (Lipinski definition) is 0. The van der Waals surface area contributed by atoms with E-state index < -0.39 is 22.1 Å². The largest absolute Gasteiger partial charge is 0.726 e. The summed E-state index contributed by atoms with van der Waals surface area (Å²) in [5, 5.41) is 0.239. The third-order valence-electron chi connectivity index (χ3n) is 2.95. The molecule has 2 aromatic rings. The minimum atomic E-state index is -4.41. The van der Waals surface area contributed by atoms with Gasteiger partial charge in [-0.2, -0.15) is 17.7 Å². The van der Waals surface area contributed by atoms with Crippen molar-refractivity contribution in [1.82, 2.24) is 0 Å². The van der Waals surface area contributed by atoms with E-state index in [1.54, 1.807) is 36.7 Å². The fraction of sp³-hybridized carbons (Fsp3) is 0.308. The van der Waals surface area contributed by atoms with Crippen molar-refractivity contribution in [3.63, 3.8) is 0 Å². The maximum atomic E-state index is 12.8. The van der Waals surface area contributed by atoms with Crippen LogP contribution in [0.25, 0.3) is 10.9 Å². The van der Waals surface area contributed by atoms with Gasteiger partial charge in [0.15, 0.2) is 5.69 Å². The van der Waals surface area contributed by atoms with Crippen LogP contribution in [0.5, 0.6) is 0 Å². The summed E-state index contributed by atoms with van der Waals surface area (Å²) < 4.78 is 71.2. The van der Waals surface area contributed by atoms with Crippen molar-refractivity contribution in [3.05, 3.63) is 41.6 Å². The standard InChI is InChI=1S/C12H11F3N.CH4O4S/c1-8-7-10(12(13,14)15)9-5-3-4-6-11(9)16(8)2;1-5-6(2,3)4/h3-7H,1-2H3;1H3,(H,2,3,4)/q+1;/p-1. The van der Waals surface area contributed by atoms with Gasteiger partial charge in [0.2, 0.25) is 15.9 Å². The molecule has 0 bridgehead atoms. The molecule has 0 fully saturated rings. The molecule has 5 nitrogen and oxygen atoms in total. The van der Waals surface area contributed by atoms with Crippen LogP contribution in [-0.4, -0.2) is 20.1 Å². The van der Waals surface area contributed by atoms with Crippen molar-refractivity contribution < 1.29 is 34.9 Å². The summed E-state index contributed by atoms with van der Waals surface area (Å²) in [5.74, 6) is 0. The Morgan fingerprint density at radius 3 is 2.18 bits per heavy atom. The summed E-state index contributed by atoms with van der Waals surface area (Å²) in [6.45, 7) is 1.67. The number of para-hydroxylation sites is 1. The average molecular weight is 337 g/mol. The van der Waals surface area contributed by atoms with Gasteiger partial charge < -0.3 is 4.55 Å². The van der Waals surface area contributed by atoms with E-state index in [2.05, 4.69) is 4.18 Å². The van der Waals surface area contributed by atoms with Crippen LogP contribution in [0.1, 0.15) is 11.3 Å². The van der Waals surface area contributed by atoms with Crippen LogP contribution in [0.4, 0.5) is 13.2 Å². The van der Waals surface area contributed by atoms with Crippen molar-refractivity contribution in [2.45, 2.75) is 13.1 Å². The van der Waals surface area contributed by atoms with Crippen molar-refractivity contribution in [2.75, 3.05) is 7.11 Å². The highest BCUT2D eigenvalue weighted by Crippen LogP contribution is 2.33. The minimum absolute atomic E-state index is 0.239. The second-order valence-corrected chi connectivity index (χ2v) is 5.50. The van der Waals surface area contributed by atoms with E-state index >= 15 is 0 Å². The monoisotopic (exact) mass is 337 g/mol. The Morgan fingerprint density at radius 2 is 1.73 bits per heavy atom. The smallest absolute Gasteiger partial charge is 0.417 e. The summed E-state index contributed by atoms with van der Waals surface area (Å²) in [7, 11) is -1.84. The molecule has 0 aliphatic heterocycles. The van der Waals surface area contributed by atoms with Crippen LogP contribution in [0, 0.1) is 6.92 Å². The third-order valence-corrected chi connectivity index (χ3v) is 3.36. The molecule has 0 saturated heterocycles. The van der Waals surface area contributed by atoms with Gasteiger partial charge in [-0.05, 0) is 6.07 Å². The molecule has 0 unspecified atom stereocenters. The molecule has 0 radical (unpaired) electrons. The number of aromatic nitrogens is 1. The Balaban J connectivity index is 0.000000346. The molecule has 1 aromatic heterocycles. The zero-order valence-electron chi connectivity index (χ0n) is 12.0. The minimum Gasteiger partial charge on any atom is -0.726 e. The van der Waals surface area contributed by atoms with Crippen molar-refractivity contribution in [1.29, 1.82) is 0 Å². The van der Waals surface area contributed by atoms with Gasteiger partial charge in [-0.15, -0.1) is 0 Å².